The Morgan fingerprint density at radius 2 is 1.90 bits per heavy atom. The minimum atomic E-state index is -1.03. The SMILES string of the molecule is O=C(O)[C@H]1C[C@@H](O)CN1C(=O)N1CCN2CCCC2C1. The third-order valence-electron chi connectivity index (χ3n) is 4.67. The minimum Gasteiger partial charge on any atom is -0.480 e. The molecule has 112 valence electrons. The zero-order chi connectivity index (χ0) is 14.3. The molecule has 7 heteroatoms. The molecule has 2 amide bonds. The van der Waals surface area contributed by atoms with Gasteiger partial charge in [0.05, 0.1) is 6.10 Å². The summed E-state index contributed by atoms with van der Waals surface area (Å²) in [5, 5.41) is 18.8. The van der Waals surface area contributed by atoms with E-state index in [2.05, 4.69) is 4.90 Å². The lowest BCUT2D eigenvalue weighted by Gasteiger charge is -2.39. The van der Waals surface area contributed by atoms with Gasteiger partial charge in [-0.15, -0.1) is 0 Å². The first kappa shape index (κ1) is 13.6. The van der Waals surface area contributed by atoms with Crippen LogP contribution in [0, 0.1) is 0 Å². The standard InChI is InChI=1S/C13H21N3O4/c17-10-6-11(12(18)19)16(8-10)13(20)15-5-4-14-3-1-2-9(14)7-15/h9-11,17H,1-8H2,(H,18,19)/t9?,10-,11-/m1/s1. The molecule has 3 aliphatic heterocycles. The minimum absolute atomic E-state index is 0.126. The fourth-order valence-electron chi connectivity index (χ4n) is 3.61. The van der Waals surface area contributed by atoms with Crippen molar-refractivity contribution in [2.24, 2.45) is 0 Å². The predicted molar refractivity (Wildman–Crippen MR) is 70.3 cm³/mol. The molecule has 3 fully saturated rings. The molecule has 0 aromatic rings. The Kier molecular flexibility index (Phi) is 3.55. The monoisotopic (exact) mass is 283 g/mol. The number of nitrogens with zero attached hydrogens (tertiary/aromatic N) is 3. The summed E-state index contributed by atoms with van der Waals surface area (Å²) in [6, 6.07) is -0.705. The first-order chi connectivity index (χ1) is 9.56. The Labute approximate surface area is 117 Å². The van der Waals surface area contributed by atoms with Crippen molar-refractivity contribution in [3.05, 3.63) is 0 Å². The molecule has 3 aliphatic rings. The van der Waals surface area contributed by atoms with Gasteiger partial charge in [-0.1, -0.05) is 0 Å². The van der Waals surface area contributed by atoms with E-state index in [9.17, 15) is 14.7 Å². The summed E-state index contributed by atoms with van der Waals surface area (Å²) in [5.74, 6) is -1.03. The number of carbonyl (C=O) groups excluding carboxylic acids is 1. The molecule has 7 nitrogen and oxygen atoms in total. The molecular formula is C13H21N3O4. The van der Waals surface area contributed by atoms with Crippen LogP contribution in [0.3, 0.4) is 0 Å². The lowest BCUT2D eigenvalue weighted by Crippen LogP contribution is -2.56. The molecule has 0 saturated carbocycles. The van der Waals surface area contributed by atoms with Gasteiger partial charge in [0, 0.05) is 38.6 Å². The maximum Gasteiger partial charge on any atom is 0.326 e. The molecule has 0 spiro atoms. The molecule has 3 atom stereocenters. The van der Waals surface area contributed by atoms with Crippen LogP contribution < -0.4 is 0 Å². The third-order valence-corrected chi connectivity index (χ3v) is 4.67. The average molecular weight is 283 g/mol. The largest absolute Gasteiger partial charge is 0.480 e. The maximum absolute atomic E-state index is 12.5. The van der Waals surface area contributed by atoms with Crippen LogP contribution in [0.4, 0.5) is 4.79 Å². The van der Waals surface area contributed by atoms with Crippen molar-refractivity contribution in [2.75, 3.05) is 32.7 Å². The van der Waals surface area contributed by atoms with Gasteiger partial charge in [-0.2, -0.15) is 0 Å². The number of carboxylic acid groups (broad SMARTS) is 1. The topological polar surface area (TPSA) is 84.3 Å². The number of carboxylic acids is 1. The number of aliphatic carboxylic acids is 1. The van der Waals surface area contributed by atoms with E-state index >= 15 is 0 Å². The Bertz CT molecular complexity index is 416. The highest BCUT2D eigenvalue weighted by Gasteiger charge is 2.42. The number of aliphatic hydroxyl groups is 1. The molecule has 3 heterocycles. The number of carbonyl (C=O) groups is 2. The molecule has 0 radical (unpaired) electrons. The zero-order valence-electron chi connectivity index (χ0n) is 11.4. The summed E-state index contributed by atoms with van der Waals surface area (Å²) >= 11 is 0. The van der Waals surface area contributed by atoms with E-state index < -0.39 is 18.1 Å². The van der Waals surface area contributed by atoms with Crippen molar-refractivity contribution in [3.63, 3.8) is 0 Å². The summed E-state index contributed by atoms with van der Waals surface area (Å²) < 4.78 is 0. The van der Waals surface area contributed by atoms with Crippen LogP contribution in [0.5, 0.6) is 0 Å². The second-order valence-corrected chi connectivity index (χ2v) is 5.96. The van der Waals surface area contributed by atoms with Crippen molar-refractivity contribution in [1.29, 1.82) is 0 Å². The third kappa shape index (κ3) is 2.35. The molecule has 20 heavy (non-hydrogen) atoms. The maximum atomic E-state index is 12.5. The lowest BCUT2D eigenvalue weighted by molar-refractivity contribution is -0.141. The number of urea groups is 1. The summed E-state index contributed by atoms with van der Waals surface area (Å²) in [4.78, 5) is 29.2. The smallest absolute Gasteiger partial charge is 0.326 e. The number of hydrogen-bond acceptors (Lipinski definition) is 4. The molecular weight excluding hydrogens is 262 g/mol. The van der Waals surface area contributed by atoms with E-state index in [1.807, 2.05) is 0 Å². The van der Waals surface area contributed by atoms with Crippen molar-refractivity contribution in [3.8, 4) is 0 Å². The van der Waals surface area contributed by atoms with Crippen LogP contribution in [0.15, 0.2) is 0 Å². The predicted octanol–water partition coefficient (Wildman–Crippen LogP) is -0.594. The molecule has 2 N–H and O–H groups in total. The van der Waals surface area contributed by atoms with Crippen molar-refractivity contribution < 1.29 is 19.8 Å². The number of hydrogen-bond donors (Lipinski definition) is 2. The van der Waals surface area contributed by atoms with Gasteiger partial charge >= 0.3 is 12.0 Å². The first-order valence-electron chi connectivity index (χ1n) is 7.26. The highest BCUT2D eigenvalue weighted by atomic mass is 16.4. The molecule has 0 aromatic heterocycles. The Morgan fingerprint density at radius 1 is 1.10 bits per heavy atom. The molecule has 1 unspecified atom stereocenters. The van der Waals surface area contributed by atoms with Gasteiger partial charge in [0.2, 0.25) is 0 Å². The number of fused-ring (bicyclic) bond motifs is 1. The van der Waals surface area contributed by atoms with Crippen LogP contribution >= 0.6 is 0 Å². The average Bonchev–Trinajstić information content (AvgIpc) is 3.02. The molecule has 3 saturated heterocycles. The van der Waals surface area contributed by atoms with Gasteiger partial charge in [-0.05, 0) is 19.4 Å². The fourth-order valence-corrected chi connectivity index (χ4v) is 3.61. The number of aliphatic hydroxyl groups excluding tert-OH is 1. The van der Waals surface area contributed by atoms with E-state index in [1.54, 1.807) is 4.90 Å². The number of rotatable bonds is 1. The van der Waals surface area contributed by atoms with E-state index in [-0.39, 0.29) is 19.0 Å². The summed E-state index contributed by atoms with van der Waals surface area (Å²) in [6.07, 6.45) is 1.68. The highest BCUT2D eigenvalue weighted by Crippen LogP contribution is 2.25. The van der Waals surface area contributed by atoms with Gasteiger partial charge < -0.3 is 20.0 Å². The summed E-state index contributed by atoms with van der Waals surface area (Å²) in [5.41, 5.74) is 0. The van der Waals surface area contributed by atoms with Gasteiger partial charge in [0.15, 0.2) is 0 Å². The van der Waals surface area contributed by atoms with Gasteiger partial charge in [0.1, 0.15) is 6.04 Å². The van der Waals surface area contributed by atoms with E-state index in [4.69, 9.17) is 5.11 Å². The van der Waals surface area contributed by atoms with Gasteiger partial charge in [-0.25, -0.2) is 9.59 Å². The van der Waals surface area contributed by atoms with Crippen molar-refractivity contribution >= 4 is 12.0 Å². The van der Waals surface area contributed by atoms with Crippen LogP contribution in [0.1, 0.15) is 19.3 Å². The van der Waals surface area contributed by atoms with Crippen LogP contribution in [-0.2, 0) is 4.79 Å². The van der Waals surface area contributed by atoms with Gasteiger partial charge in [-0.3, -0.25) is 4.90 Å². The highest BCUT2D eigenvalue weighted by molar-refractivity contribution is 5.83. The molecule has 0 bridgehead atoms. The zero-order valence-corrected chi connectivity index (χ0v) is 11.4. The quantitative estimate of drug-likeness (QED) is 0.672. The van der Waals surface area contributed by atoms with E-state index in [1.165, 1.54) is 11.3 Å². The number of amides is 2. The number of likely N-dealkylation sites (tertiary alicyclic amines) is 1. The number of piperazine rings is 1. The number of β-amino-alcohol motifs (C(OH)–C–C–N with tert-alkyl or cyclic N) is 1. The fraction of sp³-hybridized carbons (Fsp3) is 0.846. The summed E-state index contributed by atoms with van der Waals surface area (Å²) in [7, 11) is 0. The first-order valence-corrected chi connectivity index (χ1v) is 7.26. The normalized spacial score (nSPS) is 34.4. The Morgan fingerprint density at radius 3 is 2.65 bits per heavy atom. The van der Waals surface area contributed by atoms with Crippen LogP contribution in [-0.4, -0.2) is 87.8 Å². The lowest BCUT2D eigenvalue weighted by atomic mass is 10.1. The van der Waals surface area contributed by atoms with Crippen LogP contribution in [0.2, 0.25) is 0 Å². The van der Waals surface area contributed by atoms with Crippen LogP contribution in [0.25, 0.3) is 0 Å². The van der Waals surface area contributed by atoms with E-state index in [0.717, 1.165) is 19.5 Å². The van der Waals surface area contributed by atoms with E-state index in [0.29, 0.717) is 19.1 Å². The molecule has 0 aliphatic carbocycles. The molecule has 0 aromatic carbocycles. The molecule has 3 rings (SSSR count). The van der Waals surface area contributed by atoms with Gasteiger partial charge in [0.25, 0.3) is 0 Å². The van der Waals surface area contributed by atoms with Crippen molar-refractivity contribution in [2.45, 2.75) is 37.5 Å². The summed E-state index contributed by atoms with van der Waals surface area (Å²) in [6.45, 7) is 3.42. The van der Waals surface area contributed by atoms with Crippen molar-refractivity contribution in [1.82, 2.24) is 14.7 Å². The Hall–Kier alpha value is -1.34. The second kappa shape index (κ2) is 5.21. The second-order valence-electron chi connectivity index (χ2n) is 5.96. The Balaban J connectivity index is 1.67.